The first-order valence-electron chi connectivity index (χ1n) is 6.40. The Morgan fingerprint density at radius 2 is 2.05 bits per heavy atom. The summed E-state index contributed by atoms with van der Waals surface area (Å²) in [5.41, 5.74) is 1.10. The van der Waals surface area contributed by atoms with Gasteiger partial charge in [-0.2, -0.15) is 5.10 Å². The van der Waals surface area contributed by atoms with Gasteiger partial charge >= 0.3 is 11.7 Å². The monoisotopic (exact) mass is 309 g/mol. The lowest BCUT2D eigenvalue weighted by atomic mass is 10.0. The van der Waals surface area contributed by atoms with Crippen molar-refractivity contribution in [3.05, 3.63) is 27.3 Å². The van der Waals surface area contributed by atoms with Gasteiger partial charge in [0.1, 0.15) is 5.03 Å². The lowest BCUT2D eigenvalue weighted by Crippen LogP contribution is -2.14. The molecule has 0 amide bonds. The van der Waals surface area contributed by atoms with Crippen LogP contribution in [0.25, 0.3) is 0 Å². The largest absolute Gasteiger partial charge is 0.478 e. The molecule has 21 heavy (non-hydrogen) atoms. The molecule has 0 atom stereocenters. The molecule has 2 aromatic rings. The quantitative estimate of drug-likeness (QED) is 0.842. The number of aromatic nitrogens is 5. The Kier molecular flexibility index (Phi) is 4.41. The normalized spacial score (nSPS) is 10.8. The van der Waals surface area contributed by atoms with Gasteiger partial charge in [0.25, 0.3) is 0 Å². The zero-order chi connectivity index (χ0) is 15.6. The number of aromatic carboxylic acids is 1. The molecule has 2 heterocycles. The summed E-state index contributed by atoms with van der Waals surface area (Å²) < 4.78 is 1.29. The van der Waals surface area contributed by atoms with Crippen LogP contribution in [0.4, 0.5) is 0 Å². The molecular weight excluding hydrogens is 294 g/mol. The highest BCUT2D eigenvalue weighted by molar-refractivity contribution is 7.99. The average molecular weight is 309 g/mol. The maximum absolute atomic E-state index is 11.6. The van der Waals surface area contributed by atoms with Crippen molar-refractivity contribution in [3.8, 4) is 0 Å². The first-order valence-corrected chi connectivity index (χ1v) is 7.22. The second kappa shape index (κ2) is 6.08. The first kappa shape index (κ1) is 15.2. The van der Waals surface area contributed by atoms with Gasteiger partial charge < -0.3 is 5.11 Å². The second-order valence-corrected chi connectivity index (χ2v) is 5.25. The minimum Gasteiger partial charge on any atom is -0.478 e. The fourth-order valence-electron chi connectivity index (χ4n) is 1.96. The lowest BCUT2D eigenvalue weighted by molar-refractivity contribution is 0.0690. The van der Waals surface area contributed by atoms with E-state index in [2.05, 4.69) is 20.4 Å². The topological polar surface area (TPSA) is 114 Å². The van der Waals surface area contributed by atoms with Crippen molar-refractivity contribution in [1.82, 2.24) is 25.0 Å². The molecule has 0 saturated carbocycles. The SMILES string of the molecule is CCc1nnc(Sc2n[nH]c(=O)n2C)c(C(=O)O)c1CC. The number of hydrogen-bond acceptors (Lipinski definition) is 6. The van der Waals surface area contributed by atoms with Gasteiger partial charge in [-0.3, -0.25) is 4.57 Å². The van der Waals surface area contributed by atoms with E-state index in [1.807, 2.05) is 13.8 Å². The van der Waals surface area contributed by atoms with Crippen LogP contribution in [0.3, 0.4) is 0 Å². The van der Waals surface area contributed by atoms with Crippen molar-refractivity contribution >= 4 is 17.7 Å². The molecule has 112 valence electrons. The molecule has 0 aliphatic carbocycles. The molecule has 0 radical (unpaired) electrons. The highest BCUT2D eigenvalue weighted by Gasteiger charge is 2.22. The van der Waals surface area contributed by atoms with Gasteiger partial charge in [-0.05, 0) is 30.2 Å². The van der Waals surface area contributed by atoms with E-state index in [-0.39, 0.29) is 16.3 Å². The number of nitrogens with zero attached hydrogens (tertiary/aromatic N) is 4. The van der Waals surface area contributed by atoms with E-state index in [9.17, 15) is 14.7 Å². The smallest absolute Gasteiger partial charge is 0.343 e. The summed E-state index contributed by atoms with van der Waals surface area (Å²) in [5.74, 6) is -1.06. The van der Waals surface area contributed by atoms with Crippen molar-refractivity contribution < 1.29 is 9.90 Å². The summed E-state index contributed by atoms with van der Waals surface area (Å²) in [7, 11) is 1.54. The Hall–Kier alpha value is -2.16. The van der Waals surface area contributed by atoms with Crippen LogP contribution in [0.1, 0.15) is 35.5 Å². The molecule has 0 aliphatic heterocycles. The number of rotatable bonds is 5. The van der Waals surface area contributed by atoms with Gasteiger partial charge in [0.05, 0.1) is 11.3 Å². The average Bonchev–Trinajstić information content (AvgIpc) is 2.78. The number of aromatic amines is 1. The lowest BCUT2D eigenvalue weighted by Gasteiger charge is -2.11. The van der Waals surface area contributed by atoms with Gasteiger partial charge in [-0.25, -0.2) is 14.7 Å². The fraction of sp³-hybridized carbons (Fsp3) is 0.417. The third kappa shape index (κ3) is 2.82. The molecule has 0 unspecified atom stereocenters. The number of carboxylic acid groups (broad SMARTS) is 1. The zero-order valence-electron chi connectivity index (χ0n) is 11.9. The molecule has 0 aliphatic rings. The van der Waals surface area contributed by atoms with E-state index < -0.39 is 5.97 Å². The highest BCUT2D eigenvalue weighted by atomic mass is 32.2. The molecule has 0 bridgehead atoms. The summed E-state index contributed by atoms with van der Waals surface area (Å²) in [5, 5.41) is 24.3. The summed E-state index contributed by atoms with van der Waals surface area (Å²) in [6.07, 6.45) is 1.16. The van der Waals surface area contributed by atoms with Crippen LogP contribution in [0.2, 0.25) is 0 Å². The number of carbonyl (C=O) groups is 1. The van der Waals surface area contributed by atoms with E-state index in [1.54, 1.807) is 7.05 Å². The number of carboxylic acids is 1. The summed E-state index contributed by atoms with van der Waals surface area (Å²) in [6.45, 7) is 3.78. The van der Waals surface area contributed by atoms with Gasteiger partial charge in [-0.1, -0.05) is 13.8 Å². The minimum absolute atomic E-state index is 0.129. The van der Waals surface area contributed by atoms with Crippen LogP contribution in [-0.2, 0) is 19.9 Å². The van der Waals surface area contributed by atoms with Crippen LogP contribution in [0, 0.1) is 0 Å². The molecule has 0 fully saturated rings. The molecular formula is C12H15N5O3S. The molecule has 9 heteroatoms. The van der Waals surface area contributed by atoms with Crippen molar-refractivity contribution in [3.63, 3.8) is 0 Å². The molecule has 2 rings (SSSR count). The van der Waals surface area contributed by atoms with Gasteiger partial charge in [0.2, 0.25) is 0 Å². The predicted molar refractivity (Wildman–Crippen MR) is 75.7 cm³/mol. The van der Waals surface area contributed by atoms with E-state index in [0.29, 0.717) is 29.3 Å². The Morgan fingerprint density at radius 3 is 2.52 bits per heavy atom. The molecule has 0 spiro atoms. The van der Waals surface area contributed by atoms with Crippen molar-refractivity contribution in [2.45, 2.75) is 36.9 Å². The third-order valence-corrected chi connectivity index (χ3v) is 4.08. The Balaban J connectivity index is 2.56. The second-order valence-electron chi connectivity index (χ2n) is 4.29. The maximum Gasteiger partial charge on any atom is 0.343 e. The van der Waals surface area contributed by atoms with Crippen LogP contribution >= 0.6 is 11.8 Å². The highest BCUT2D eigenvalue weighted by Crippen LogP contribution is 2.29. The standard InChI is InChI=1S/C12H15N5O3S/c1-4-6-7(5-2)13-14-9(8(6)10(18)19)21-12-16-15-11(20)17(12)3/h4-5H2,1-3H3,(H,15,20)(H,18,19). The molecule has 2 N–H and O–H groups in total. The van der Waals surface area contributed by atoms with Crippen molar-refractivity contribution in [1.29, 1.82) is 0 Å². The Morgan fingerprint density at radius 1 is 1.33 bits per heavy atom. The number of aryl methyl sites for hydroxylation is 1. The Labute approximate surface area is 124 Å². The van der Waals surface area contributed by atoms with Gasteiger partial charge in [0, 0.05) is 7.05 Å². The Bertz CT molecular complexity index is 737. The first-order chi connectivity index (χ1) is 9.99. The molecule has 0 aromatic carbocycles. The van der Waals surface area contributed by atoms with E-state index in [4.69, 9.17) is 0 Å². The van der Waals surface area contributed by atoms with E-state index in [0.717, 1.165) is 11.8 Å². The third-order valence-electron chi connectivity index (χ3n) is 3.05. The molecule has 8 nitrogen and oxygen atoms in total. The number of H-pyrrole nitrogens is 1. The summed E-state index contributed by atoms with van der Waals surface area (Å²) in [4.78, 5) is 22.9. The maximum atomic E-state index is 11.6. The minimum atomic E-state index is -1.06. The molecule has 2 aromatic heterocycles. The van der Waals surface area contributed by atoms with Gasteiger partial charge in [-0.15, -0.1) is 10.2 Å². The van der Waals surface area contributed by atoms with E-state index in [1.165, 1.54) is 4.57 Å². The fourth-order valence-corrected chi connectivity index (χ4v) is 2.83. The van der Waals surface area contributed by atoms with Crippen LogP contribution < -0.4 is 5.69 Å². The predicted octanol–water partition coefficient (Wildman–Crippen LogP) is 0.873. The number of hydrogen-bond donors (Lipinski definition) is 2. The zero-order valence-corrected chi connectivity index (χ0v) is 12.7. The van der Waals surface area contributed by atoms with Crippen LogP contribution in [0.15, 0.2) is 15.0 Å². The molecule has 0 saturated heterocycles. The van der Waals surface area contributed by atoms with Crippen molar-refractivity contribution in [2.75, 3.05) is 0 Å². The van der Waals surface area contributed by atoms with Gasteiger partial charge in [0.15, 0.2) is 5.16 Å². The number of nitrogens with one attached hydrogen (secondary N) is 1. The summed E-state index contributed by atoms with van der Waals surface area (Å²) >= 11 is 1.00. The summed E-state index contributed by atoms with van der Waals surface area (Å²) in [6, 6.07) is 0. The van der Waals surface area contributed by atoms with Crippen LogP contribution in [0.5, 0.6) is 0 Å². The van der Waals surface area contributed by atoms with Crippen LogP contribution in [-0.4, -0.2) is 36.0 Å². The van der Waals surface area contributed by atoms with E-state index >= 15 is 0 Å². The van der Waals surface area contributed by atoms with Crippen molar-refractivity contribution in [2.24, 2.45) is 7.05 Å².